The Morgan fingerprint density at radius 2 is 0.939 bits per heavy atom. The Morgan fingerprint density at radius 1 is 0.576 bits per heavy atom. The van der Waals surface area contributed by atoms with E-state index >= 15 is 0 Å². The van der Waals surface area contributed by atoms with Gasteiger partial charge in [0.15, 0.2) is 5.60 Å². The van der Waals surface area contributed by atoms with Gasteiger partial charge in [-0.1, -0.05) is 157 Å². The van der Waals surface area contributed by atoms with E-state index in [0.29, 0.717) is 0 Å². The van der Waals surface area contributed by atoms with Crippen molar-refractivity contribution in [2.24, 2.45) is 0 Å². The molecule has 3 heteroatoms. The zero-order chi connectivity index (χ0) is 23.5. The van der Waals surface area contributed by atoms with Crippen molar-refractivity contribution in [1.29, 1.82) is 0 Å². The van der Waals surface area contributed by atoms with Gasteiger partial charge in [-0.3, -0.25) is 0 Å². The van der Waals surface area contributed by atoms with Crippen LogP contribution in [0, 0.1) is 0 Å². The maximum Gasteiger partial charge on any atom is 0.495 e. The predicted octanol–water partition coefficient (Wildman–Crippen LogP) is 10.1. The highest BCUT2D eigenvalue weighted by Crippen LogP contribution is 2.41. The van der Waals surface area contributed by atoms with Gasteiger partial charge in [-0.2, -0.15) is 0 Å². The van der Waals surface area contributed by atoms with Crippen LogP contribution in [-0.2, 0) is 14.7 Å². The van der Waals surface area contributed by atoms with Crippen LogP contribution in [0.2, 0.25) is 0 Å². The second-order valence-electron chi connectivity index (χ2n) is 9.44. The fourth-order valence-corrected chi connectivity index (χ4v) is 5.34. The minimum Gasteiger partial charge on any atom is -0.132 e. The van der Waals surface area contributed by atoms with Crippen molar-refractivity contribution in [3.63, 3.8) is 0 Å². The Balaban J connectivity index is 1.66. The minimum atomic E-state index is -0.779. The SMILES string of the molecule is CCCCCCCCCCCCCCCCCC(O[PH+]=O)(c1ccccc1)c1ccccc1. The first-order valence-electron chi connectivity index (χ1n) is 13.5. The summed E-state index contributed by atoms with van der Waals surface area (Å²) in [6.07, 6.45) is 21.2. The number of benzene rings is 2. The summed E-state index contributed by atoms with van der Waals surface area (Å²) in [4.78, 5) is 0. The summed E-state index contributed by atoms with van der Waals surface area (Å²) in [5.74, 6) is 0. The minimum absolute atomic E-state index is 0.626. The van der Waals surface area contributed by atoms with Crippen LogP contribution < -0.4 is 0 Å². The molecule has 0 aliphatic heterocycles. The van der Waals surface area contributed by atoms with E-state index in [0.717, 1.165) is 24.0 Å². The van der Waals surface area contributed by atoms with Gasteiger partial charge in [-0.15, -0.1) is 4.52 Å². The number of hydrogen-bond acceptors (Lipinski definition) is 2. The Morgan fingerprint density at radius 3 is 1.30 bits per heavy atom. The Labute approximate surface area is 204 Å². The lowest BCUT2D eigenvalue weighted by molar-refractivity contribution is 0.114. The van der Waals surface area contributed by atoms with Gasteiger partial charge in [-0.25, -0.2) is 0 Å². The molecular weight excluding hydrogens is 423 g/mol. The molecule has 0 N–H and O–H groups in total. The maximum atomic E-state index is 11.7. The molecule has 2 nitrogen and oxygen atoms in total. The summed E-state index contributed by atoms with van der Waals surface area (Å²) in [6.45, 7) is 2.28. The summed E-state index contributed by atoms with van der Waals surface area (Å²) < 4.78 is 17.7. The molecule has 0 heterocycles. The molecule has 0 bridgehead atoms. The number of rotatable bonds is 20. The summed E-state index contributed by atoms with van der Waals surface area (Å²) >= 11 is 0. The fourth-order valence-electron chi connectivity index (χ4n) is 4.86. The molecule has 2 aromatic carbocycles. The van der Waals surface area contributed by atoms with E-state index < -0.39 is 14.3 Å². The Hall–Kier alpha value is -1.50. The van der Waals surface area contributed by atoms with Gasteiger partial charge < -0.3 is 0 Å². The average molecular weight is 470 g/mol. The quantitative estimate of drug-likeness (QED) is 0.142. The van der Waals surface area contributed by atoms with E-state index in [-0.39, 0.29) is 0 Å². The van der Waals surface area contributed by atoms with E-state index in [1.165, 1.54) is 89.9 Å². The molecule has 0 radical (unpaired) electrons. The molecule has 0 aliphatic carbocycles. The van der Waals surface area contributed by atoms with Crippen LogP contribution in [0.5, 0.6) is 0 Å². The molecule has 0 saturated heterocycles. The highest BCUT2D eigenvalue weighted by molar-refractivity contribution is 7.17. The summed E-state index contributed by atoms with van der Waals surface area (Å²) in [7, 11) is -0.779. The standard InChI is InChI=1S/C30H46O2P/c1-2-3-4-5-6-7-8-9-10-11-12-13-14-15-22-27-30(32-33-31,28-23-18-16-19-24-28)29-25-20-17-21-26-29/h16-21,23-26,33H,2-15,22,27H2,1H3/q+1. The van der Waals surface area contributed by atoms with Crippen LogP contribution in [0.3, 0.4) is 0 Å². The van der Waals surface area contributed by atoms with E-state index in [2.05, 4.69) is 31.2 Å². The smallest absolute Gasteiger partial charge is 0.132 e. The molecule has 0 spiro atoms. The monoisotopic (exact) mass is 469 g/mol. The van der Waals surface area contributed by atoms with E-state index in [1.807, 2.05) is 36.4 Å². The van der Waals surface area contributed by atoms with Crippen LogP contribution >= 0.6 is 8.69 Å². The van der Waals surface area contributed by atoms with E-state index in [9.17, 15) is 4.57 Å². The first-order valence-corrected chi connectivity index (χ1v) is 14.3. The topological polar surface area (TPSA) is 26.3 Å². The molecule has 0 fully saturated rings. The molecule has 0 saturated carbocycles. The molecule has 0 aromatic heterocycles. The number of unbranched alkanes of at least 4 members (excludes halogenated alkanes) is 14. The van der Waals surface area contributed by atoms with Crippen LogP contribution in [0.1, 0.15) is 121 Å². The van der Waals surface area contributed by atoms with Crippen molar-refractivity contribution in [1.82, 2.24) is 0 Å². The first-order chi connectivity index (χ1) is 16.3. The third-order valence-electron chi connectivity index (χ3n) is 6.83. The van der Waals surface area contributed by atoms with Crippen molar-refractivity contribution < 1.29 is 9.09 Å². The normalized spacial score (nSPS) is 11.8. The van der Waals surface area contributed by atoms with Crippen LogP contribution in [0.4, 0.5) is 0 Å². The van der Waals surface area contributed by atoms with Crippen LogP contribution in [0.15, 0.2) is 60.7 Å². The molecule has 2 rings (SSSR count). The average Bonchev–Trinajstić information content (AvgIpc) is 2.87. The molecule has 2 aromatic rings. The summed E-state index contributed by atoms with van der Waals surface area (Å²) in [6, 6.07) is 20.6. The van der Waals surface area contributed by atoms with E-state index in [4.69, 9.17) is 4.52 Å². The van der Waals surface area contributed by atoms with Gasteiger partial charge in [0.05, 0.1) is 0 Å². The van der Waals surface area contributed by atoms with Gasteiger partial charge in [-0.05, 0) is 28.5 Å². The zero-order valence-corrected chi connectivity index (χ0v) is 21.9. The maximum absolute atomic E-state index is 11.7. The van der Waals surface area contributed by atoms with Gasteiger partial charge in [0, 0.05) is 0 Å². The first kappa shape index (κ1) is 27.7. The molecule has 1 unspecified atom stereocenters. The lowest BCUT2D eigenvalue weighted by Gasteiger charge is -2.29. The van der Waals surface area contributed by atoms with Gasteiger partial charge in [0.25, 0.3) is 0 Å². The highest BCUT2D eigenvalue weighted by atomic mass is 31.1. The second kappa shape index (κ2) is 17.9. The molecule has 0 amide bonds. The van der Waals surface area contributed by atoms with Crippen molar-refractivity contribution >= 4 is 8.69 Å². The number of hydrogen-bond donors (Lipinski definition) is 0. The lowest BCUT2D eigenvalue weighted by atomic mass is 9.82. The Kier molecular flexibility index (Phi) is 15.1. The van der Waals surface area contributed by atoms with Crippen molar-refractivity contribution in [3.05, 3.63) is 71.8 Å². The predicted molar refractivity (Wildman–Crippen MR) is 143 cm³/mol. The van der Waals surface area contributed by atoms with Gasteiger partial charge >= 0.3 is 8.69 Å². The van der Waals surface area contributed by atoms with Crippen LogP contribution in [-0.4, -0.2) is 0 Å². The van der Waals surface area contributed by atoms with Gasteiger partial charge in [0.2, 0.25) is 0 Å². The molecule has 0 aliphatic rings. The van der Waals surface area contributed by atoms with Gasteiger partial charge in [0.1, 0.15) is 0 Å². The molecular formula is C30H46O2P+. The largest absolute Gasteiger partial charge is 0.495 e. The van der Waals surface area contributed by atoms with E-state index in [1.54, 1.807) is 0 Å². The van der Waals surface area contributed by atoms with Crippen LogP contribution in [0.25, 0.3) is 0 Å². The Bertz CT molecular complexity index is 677. The molecule has 182 valence electrons. The summed E-state index contributed by atoms with van der Waals surface area (Å²) in [5.41, 5.74) is 1.55. The molecule has 1 atom stereocenters. The third-order valence-corrected chi connectivity index (χ3v) is 7.26. The molecule has 33 heavy (non-hydrogen) atoms. The van der Waals surface area contributed by atoms with Crippen molar-refractivity contribution in [3.8, 4) is 0 Å². The second-order valence-corrected chi connectivity index (χ2v) is 9.81. The zero-order valence-electron chi connectivity index (χ0n) is 20.9. The third kappa shape index (κ3) is 10.5. The highest BCUT2D eigenvalue weighted by Gasteiger charge is 2.39. The van der Waals surface area contributed by atoms with Crippen molar-refractivity contribution in [2.45, 2.75) is 115 Å². The fraction of sp³-hybridized carbons (Fsp3) is 0.600. The summed E-state index contributed by atoms with van der Waals surface area (Å²) in [5, 5.41) is 0. The van der Waals surface area contributed by atoms with Crippen molar-refractivity contribution in [2.75, 3.05) is 0 Å². The lowest BCUT2D eigenvalue weighted by Crippen LogP contribution is -2.28.